The number of nitrogens with one attached hydrogen (secondary N) is 1. The molecule has 0 aliphatic carbocycles. The Kier molecular flexibility index (Phi) is 5.41. The number of nitro groups is 1. The quantitative estimate of drug-likeness (QED) is 0.638. The normalized spacial score (nSPS) is 13.5. The van der Waals surface area contributed by atoms with Crippen molar-refractivity contribution in [3.8, 4) is 0 Å². The molecule has 0 aliphatic heterocycles. The Hall–Kier alpha value is -0.350. The van der Waals surface area contributed by atoms with Crippen molar-refractivity contribution in [1.82, 2.24) is 4.72 Å². The third-order valence-corrected chi connectivity index (χ3v) is 6.11. The highest BCUT2D eigenvalue weighted by molar-refractivity contribution is 7.98. The van der Waals surface area contributed by atoms with Crippen molar-refractivity contribution in [2.45, 2.75) is 17.2 Å². The Balaban J connectivity index is 2.99. The molecule has 1 unspecified atom stereocenters. The van der Waals surface area contributed by atoms with Crippen LogP contribution in [0.4, 0.5) is 5.69 Å². The second-order valence-corrected chi connectivity index (χ2v) is 7.96. The zero-order valence-corrected chi connectivity index (χ0v) is 12.8. The van der Waals surface area contributed by atoms with Gasteiger partial charge in [0.05, 0.1) is 4.92 Å². The van der Waals surface area contributed by atoms with Gasteiger partial charge in [0.1, 0.15) is 4.21 Å². The van der Waals surface area contributed by atoms with Crippen LogP contribution in [0.2, 0.25) is 4.34 Å². The first kappa shape index (κ1) is 15.7. The van der Waals surface area contributed by atoms with Gasteiger partial charge in [-0.05, 0) is 13.2 Å². The maximum Gasteiger partial charge on any atom is 0.300 e. The average Bonchev–Trinajstić information content (AvgIpc) is 2.60. The van der Waals surface area contributed by atoms with Gasteiger partial charge in [-0.1, -0.05) is 11.6 Å². The fraction of sp³-hybridized carbons (Fsp3) is 0.500. The summed E-state index contributed by atoms with van der Waals surface area (Å²) in [5.74, 6) is 0.612. The van der Waals surface area contributed by atoms with Gasteiger partial charge in [0, 0.05) is 17.9 Å². The van der Waals surface area contributed by atoms with Crippen molar-refractivity contribution in [3.05, 3.63) is 20.5 Å². The fourth-order valence-corrected chi connectivity index (χ4v) is 4.82. The van der Waals surface area contributed by atoms with Crippen LogP contribution in [0.25, 0.3) is 0 Å². The maximum atomic E-state index is 11.9. The lowest BCUT2D eigenvalue weighted by molar-refractivity contribution is -0.384. The third-order valence-electron chi connectivity index (χ3n) is 1.88. The van der Waals surface area contributed by atoms with E-state index in [-0.39, 0.29) is 20.3 Å². The molecule has 1 aromatic heterocycles. The molecule has 1 N–H and O–H groups in total. The first-order valence-electron chi connectivity index (χ1n) is 4.73. The summed E-state index contributed by atoms with van der Waals surface area (Å²) in [5, 5.41) is 10.6. The first-order chi connectivity index (χ1) is 8.27. The molecule has 6 nitrogen and oxygen atoms in total. The zero-order valence-electron chi connectivity index (χ0n) is 9.54. The van der Waals surface area contributed by atoms with E-state index in [1.165, 1.54) is 11.8 Å². The van der Waals surface area contributed by atoms with E-state index in [2.05, 4.69) is 4.72 Å². The number of thioether (sulfide) groups is 1. The Morgan fingerprint density at radius 2 is 2.28 bits per heavy atom. The minimum absolute atomic E-state index is 0.141. The summed E-state index contributed by atoms with van der Waals surface area (Å²) in [4.78, 5) is 9.89. The van der Waals surface area contributed by atoms with Gasteiger partial charge in [0.2, 0.25) is 0 Å². The molecule has 0 saturated heterocycles. The summed E-state index contributed by atoms with van der Waals surface area (Å²) in [5.41, 5.74) is -0.389. The summed E-state index contributed by atoms with van der Waals surface area (Å²) in [6.45, 7) is 1.72. The molecule has 102 valence electrons. The molecule has 0 bridgehead atoms. The molecule has 1 aromatic rings. The number of halogens is 1. The van der Waals surface area contributed by atoms with Crippen molar-refractivity contribution in [3.63, 3.8) is 0 Å². The molecule has 0 saturated carbocycles. The topological polar surface area (TPSA) is 89.3 Å². The van der Waals surface area contributed by atoms with Gasteiger partial charge in [0.15, 0.2) is 4.34 Å². The molecule has 0 aliphatic rings. The van der Waals surface area contributed by atoms with E-state index in [4.69, 9.17) is 11.6 Å². The van der Waals surface area contributed by atoms with Crippen molar-refractivity contribution in [2.24, 2.45) is 0 Å². The third kappa shape index (κ3) is 3.82. The van der Waals surface area contributed by atoms with Gasteiger partial charge < -0.3 is 0 Å². The van der Waals surface area contributed by atoms with Crippen LogP contribution >= 0.6 is 34.7 Å². The van der Waals surface area contributed by atoms with Gasteiger partial charge in [-0.2, -0.15) is 11.8 Å². The van der Waals surface area contributed by atoms with Crippen LogP contribution < -0.4 is 4.72 Å². The van der Waals surface area contributed by atoms with Crippen molar-refractivity contribution < 1.29 is 13.3 Å². The molecule has 1 rings (SSSR count). The van der Waals surface area contributed by atoms with E-state index >= 15 is 0 Å². The highest BCUT2D eigenvalue weighted by Gasteiger charge is 2.26. The lowest BCUT2D eigenvalue weighted by Gasteiger charge is -2.11. The maximum absolute atomic E-state index is 11.9. The second kappa shape index (κ2) is 6.20. The number of rotatable bonds is 6. The number of hydrogen-bond donors (Lipinski definition) is 1. The molecule has 0 fully saturated rings. The summed E-state index contributed by atoms with van der Waals surface area (Å²) >= 11 is 7.80. The van der Waals surface area contributed by atoms with Gasteiger partial charge in [-0.25, -0.2) is 13.1 Å². The zero-order chi connectivity index (χ0) is 13.9. The van der Waals surface area contributed by atoms with E-state index < -0.39 is 14.9 Å². The highest BCUT2D eigenvalue weighted by atomic mass is 35.5. The summed E-state index contributed by atoms with van der Waals surface area (Å²) in [7, 11) is -3.75. The molecule has 10 heteroatoms. The predicted molar refractivity (Wildman–Crippen MR) is 74.1 cm³/mol. The van der Waals surface area contributed by atoms with E-state index in [0.29, 0.717) is 17.1 Å². The Morgan fingerprint density at radius 3 is 2.72 bits per heavy atom. The van der Waals surface area contributed by atoms with Crippen molar-refractivity contribution in [2.75, 3.05) is 12.0 Å². The lowest BCUT2D eigenvalue weighted by atomic mass is 10.4. The van der Waals surface area contributed by atoms with Crippen molar-refractivity contribution in [1.29, 1.82) is 0 Å². The molecule has 0 radical (unpaired) electrons. The van der Waals surface area contributed by atoms with Crippen molar-refractivity contribution >= 4 is 50.4 Å². The van der Waals surface area contributed by atoms with Crippen LogP contribution in [-0.4, -0.2) is 31.4 Å². The molecule has 0 aromatic carbocycles. The minimum Gasteiger partial charge on any atom is -0.258 e. The SMILES string of the molecule is CSCC(C)NS(=O)(=O)c1cc([N+](=O)[O-])c(Cl)s1. The van der Waals surface area contributed by atoms with Crippen LogP contribution in [0.3, 0.4) is 0 Å². The Labute approximate surface area is 118 Å². The molecule has 18 heavy (non-hydrogen) atoms. The molecular weight excluding hydrogens is 320 g/mol. The van der Waals surface area contributed by atoms with E-state index in [1.54, 1.807) is 6.92 Å². The fourth-order valence-electron chi connectivity index (χ4n) is 1.20. The molecule has 1 atom stereocenters. The Morgan fingerprint density at radius 1 is 1.67 bits per heavy atom. The summed E-state index contributed by atoms with van der Waals surface area (Å²) in [6.07, 6.45) is 1.86. The number of thiophene rings is 1. The standard InChI is InChI=1S/C8H11ClN2O4S3/c1-5(4-16-2)10-18(14,15)7-3-6(11(12)13)8(9)17-7/h3,5,10H,4H2,1-2H3. The monoisotopic (exact) mass is 330 g/mol. The summed E-state index contributed by atoms with van der Waals surface area (Å²) < 4.78 is 26.0. The number of nitrogens with zero attached hydrogens (tertiary/aromatic N) is 1. The molecular formula is C8H11ClN2O4S3. The second-order valence-electron chi connectivity index (χ2n) is 3.46. The average molecular weight is 331 g/mol. The molecule has 0 amide bonds. The van der Waals surface area contributed by atoms with Crippen LogP contribution in [0, 0.1) is 10.1 Å². The van der Waals surface area contributed by atoms with Gasteiger partial charge in [-0.15, -0.1) is 11.3 Å². The van der Waals surface area contributed by atoms with Crippen LogP contribution in [0.5, 0.6) is 0 Å². The lowest BCUT2D eigenvalue weighted by Crippen LogP contribution is -2.33. The van der Waals surface area contributed by atoms with Gasteiger partial charge in [0.25, 0.3) is 15.7 Å². The van der Waals surface area contributed by atoms with Crippen LogP contribution in [0.15, 0.2) is 10.3 Å². The molecule has 1 heterocycles. The Bertz CT molecular complexity index is 543. The van der Waals surface area contributed by atoms with Gasteiger partial charge in [-0.3, -0.25) is 10.1 Å². The number of sulfonamides is 1. The highest BCUT2D eigenvalue weighted by Crippen LogP contribution is 2.36. The first-order valence-corrected chi connectivity index (χ1v) is 8.80. The van der Waals surface area contributed by atoms with E-state index in [0.717, 1.165) is 6.07 Å². The smallest absolute Gasteiger partial charge is 0.258 e. The van der Waals surface area contributed by atoms with E-state index in [9.17, 15) is 18.5 Å². The number of hydrogen-bond acceptors (Lipinski definition) is 6. The van der Waals surface area contributed by atoms with Crippen LogP contribution in [-0.2, 0) is 10.0 Å². The van der Waals surface area contributed by atoms with E-state index in [1.807, 2.05) is 6.26 Å². The molecule has 0 spiro atoms. The predicted octanol–water partition coefficient (Wildman–Crippen LogP) is 2.34. The van der Waals surface area contributed by atoms with Crippen LogP contribution in [0.1, 0.15) is 6.92 Å². The minimum atomic E-state index is -3.75. The largest absolute Gasteiger partial charge is 0.300 e. The summed E-state index contributed by atoms with van der Waals surface area (Å²) in [6, 6.07) is 0.714. The van der Waals surface area contributed by atoms with Gasteiger partial charge >= 0.3 is 0 Å².